The van der Waals surface area contributed by atoms with Crippen molar-refractivity contribution in [2.75, 3.05) is 5.32 Å². The Morgan fingerprint density at radius 1 is 1.03 bits per heavy atom. The molecule has 1 fully saturated rings. The fourth-order valence-corrected chi connectivity index (χ4v) is 5.21. The number of aromatic nitrogens is 4. The van der Waals surface area contributed by atoms with Gasteiger partial charge in [0.1, 0.15) is 0 Å². The fourth-order valence-electron chi connectivity index (χ4n) is 4.74. The highest BCUT2D eigenvalue weighted by Crippen LogP contribution is 2.42. The van der Waals surface area contributed by atoms with Gasteiger partial charge in [-0.15, -0.1) is 5.10 Å². The molecule has 34 heavy (non-hydrogen) atoms. The smallest absolute Gasteiger partial charge is 0.177 e. The molecule has 1 aromatic heterocycles. The van der Waals surface area contributed by atoms with Gasteiger partial charge in [0.15, 0.2) is 5.82 Å². The van der Waals surface area contributed by atoms with E-state index in [4.69, 9.17) is 23.2 Å². The highest BCUT2D eigenvalue weighted by atomic mass is 35.5. The van der Waals surface area contributed by atoms with Crippen LogP contribution in [0.1, 0.15) is 75.9 Å². The second-order valence-electron chi connectivity index (χ2n) is 10.4. The van der Waals surface area contributed by atoms with E-state index in [-0.39, 0.29) is 17.0 Å². The van der Waals surface area contributed by atoms with Gasteiger partial charge in [-0.25, -0.2) is 4.68 Å². The van der Waals surface area contributed by atoms with Crippen LogP contribution in [0.15, 0.2) is 48.5 Å². The van der Waals surface area contributed by atoms with Crippen molar-refractivity contribution < 1.29 is 0 Å². The number of nitrogens with zero attached hydrogens (tertiary/aromatic N) is 4. The van der Waals surface area contributed by atoms with Crippen LogP contribution in [-0.2, 0) is 5.54 Å². The Labute approximate surface area is 212 Å². The summed E-state index contributed by atoms with van der Waals surface area (Å²) in [6.45, 7) is 8.72. The molecule has 7 heteroatoms. The number of anilines is 1. The zero-order valence-corrected chi connectivity index (χ0v) is 21.9. The van der Waals surface area contributed by atoms with Crippen LogP contribution in [-0.4, -0.2) is 20.2 Å². The second kappa shape index (κ2) is 10.1. The molecule has 2 aromatic carbocycles. The maximum absolute atomic E-state index is 6.44. The molecule has 0 unspecified atom stereocenters. The molecule has 5 nitrogen and oxygen atoms in total. The molecule has 0 spiro atoms. The number of aryl methyl sites for hydroxylation is 1. The van der Waals surface area contributed by atoms with Gasteiger partial charge >= 0.3 is 0 Å². The van der Waals surface area contributed by atoms with Crippen LogP contribution in [0.4, 0.5) is 5.69 Å². The molecule has 0 radical (unpaired) electrons. The average molecular weight is 499 g/mol. The summed E-state index contributed by atoms with van der Waals surface area (Å²) in [7, 11) is 0. The lowest BCUT2D eigenvalue weighted by Crippen LogP contribution is -2.42. The van der Waals surface area contributed by atoms with Crippen LogP contribution < -0.4 is 5.32 Å². The molecule has 180 valence electrons. The molecular formula is C27H33Cl2N5. The first-order chi connectivity index (χ1) is 16.2. The quantitative estimate of drug-likeness (QED) is 0.376. The third-order valence-electron chi connectivity index (χ3n) is 6.63. The van der Waals surface area contributed by atoms with E-state index in [0.717, 1.165) is 42.8 Å². The van der Waals surface area contributed by atoms with Gasteiger partial charge in [0.25, 0.3) is 0 Å². The summed E-state index contributed by atoms with van der Waals surface area (Å²) in [6, 6.07) is 14.0. The highest BCUT2D eigenvalue weighted by Gasteiger charge is 2.41. The highest BCUT2D eigenvalue weighted by molar-refractivity contribution is 6.35. The maximum Gasteiger partial charge on any atom is 0.177 e. The maximum atomic E-state index is 6.44. The lowest BCUT2D eigenvalue weighted by molar-refractivity contribution is 0.237. The van der Waals surface area contributed by atoms with Crippen molar-refractivity contribution in [3.8, 4) is 0 Å². The van der Waals surface area contributed by atoms with Gasteiger partial charge in [-0.3, -0.25) is 0 Å². The monoisotopic (exact) mass is 497 g/mol. The van der Waals surface area contributed by atoms with E-state index in [1.165, 1.54) is 12.0 Å². The number of halogens is 2. The third kappa shape index (κ3) is 5.47. The van der Waals surface area contributed by atoms with Crippen LogP contribution in [0.3, 0.4) is 0 Å². The minimum atomic E-state index is -0.313. The standard InChI is InChI=1S/C27H33Cl2N5/c1-19-8-13-22(14-9-19)30-27(16-6-5-7-17-27)25-31-32-33-34(25)24(26(2,3)4)15-11-20-10-12-21(28)18-23(20)29/h8-15,18,24,30H,5-7,16-17H2,1-4H3/b15-11+/t24-/m0/s1. The molecule has 3 aromatic rings. The molecule has 0 aliphatic heterocycles. The predicted octanol–water partition coefficient (Wildman–Crippen LogP) is 7.86. The van der Waals surface area contributed by atoms with Crippen molar-refractivity contribution in [1.82, 2.24) is 20.2 Å². The fraction of sp³-hybridized carbons (Fsp3) is 0.444. The van der Waals surface area contributed by atoms with E-state index in [1.54, 1.807) is 6.07 Å². The number of hydrogen-bond acceptors (Lipinski definition) is 4. The second-order valence-corrected chi connectivity index (χ2v) is 11.3. The third-order valence-corrected chi connectivity index (χ3v) is 7.20. The van der Waals surface area contributed by atoms with E-state index < -0.39 is 0 Å². The molecule has 1 heterocycles. The molecule has 4 rings (SSSR count). The normalized spacial score (nSPS) is 17.1. The summed E-state index contributed by atoms with van der Waals surface area (Å²) in [6.07, 6.45) is 9.69. The largest absolute Gasteiger partial charge is 0.373 e. The van der Waals surface area contributed by atoms with Crippen molar-refractivity contribution in [3.05, 3.63) is 75.5 Å². The van der Waals surface area contributed by atoms with E-state index in [0.29, 0.717) is 10.0 Å². The van der Waals surface area contributed by atoms with Gasteiger partial charge in [0, 0.05) is 15.7 Å². The Balaban J connectivity index is 1.74. The van der Waals surface area contributed by atoms with Crippen molar-refractivity contribution in [2.45, 2.75) is 71.4 Å². The van der Waals surface area contributed by atoms with E-state index in [9.17, 15) is 0 Å². The van der Waals surface area contributed by atoms with Crippen molar-refractivity contribution in [3.63, 3.8) is 0 Å². The van der Waals surface area contributed by atoms with Gasteiger partial charge in [-0.05, 0) is 65.4 Å². The average Bonchev–Trinajstić information content (AvgIpc) is 3.27. The van der Waals surface area contributed by atoms with Crippen LogP contribution in [0.2, 0.25) is 10.0 Å². The number of benzene rings is 2. The van der Waals surface area contributed by atoms with Gasteiger partial charge in [-0.1, -0.05) is 99.2 Å². The lowest BCUT2D eigenvalue weighted by atomic mass is 9.79. The first-order valence-corrected chi connectivity index (χ1v) is 12.7. The number of rotatable bonds is 6. The SMILES string of the molecule is Cc1ccc(NC2(c3nnnn3[C@@H](/C=C/c3ccc(Cl)cc3Cl)C(C)(C)C)CCCCC2)cc1. The zero-order chi connectivity index (χ0) is 24.3. The minimum absolute atomic E-state index is 0.0668. The lowest BCUT2D eigenvalue weighted by Gasteiger charge is -2.39. The van der Waals surface area contributed by atoms with Gasteiger partial charge in [0.05, 0.1) is 11.6 Å². The van der Waals surface area contributed by atoms with Gasteiger partial charge < -0.3 is 5.32 Å². The summed E-state index contributed by atoms with van der Waals surface area (Å²) >= 11 is 12.5. The molecule has 1 saturated carbocycles. The Morgan fingerprint density at radius 2 is 1.74 bits per heavy atom. The Hall–Kier alpha value is -2.37. The van der Waals surface area contributed by atoms with E-state index in [2.05, 4.69) is 78.9 Å². The number of tetrazole rings is 1. The summed E-state index contributed by atoms with van der Waals surface area (Å²) in [4.78, 5) is 0. The first-order valence-electron chi connectivity index (χ1n) is 11.9. The summed E-state index contributed by atoms with van der Waals surface area (Å²) < 4.78 is 2.01. The molecule has 0 bridgehead atoms. The van der Waals surface area contributed by atoms with E-state index >= 15 is 0 Å². The number of allylic oxidation sites excluding steroid dienone is 1. The summed E-state index contributed by atoms with van der Waals surface area (Å²) in [5.41, 5.74) is 2.82. The molecule has 1 atom stereocenters. The van der Waals surface area contributed by atoms with Crippen LogP contribution in [0.25, 0.3) is 6.08 Å². The molecule has 0 saturated heterocycles. The predicted molar refractivity (Wildman–Crippen MR) is 141 cm³/mol. The number of hydrogen-bond donors (Lipinski definition) is 1. The van der Waals surface area contributed by atoms with Crippen molar-refractivity contribution in [1.29, 1.82) is 0 Å². The van der Waals surface area contributed by atoms with Crippen LogP contribution >= 0.6 is 23.2 Å². The molecule has 1 aliphatic rings. The molecular weight excluding hydrogens is 465 g/mol. The first kappa shape index (κ1) is 24.7. The van der Waals surface area contributed by atoms with Crippen molar-refractivity contribution in [2.24, 2.45) is 5.41 Å². The summed E-state index contributed by atoms with van der Waals surface area (Å²) in [5.74, 6) is 0.888. The Kier molecular flexibility index (Phi) is 7.34. The van der Waals surface area contributed by atoms with Crippen molar-refractivity contribution >= 4 is 35.0 Å². The van der Waals surface area contributed by atoms with Gasteiger partial charge in [-0.2, -0.15) is 0 Å². The zero-order valence-electron chi connectivity index (χ0n) is 20.4. The van der Waals surface area contributed by atoms with E-state index in [1.807, 2.05) is 22.9 Å². The van der Waals surface area contributed by atoms with Gasteiger partial charge in [0.2, 0.25) is 0 Å². The Bertz CT molecular complexity index is 1140. The molecule has 0 amide bonds. The Morgan fingerprint density at radius 3 is 2.38 bits per heavy atom. The summed E-state index contributed by atoms with van der Waals surface area (Å²) in [5, 5.41) is 18.4. The molecule has 1 N–H and O–H groups in total. The number of nitrogens with one attached hydrogen (secondary N) is 1. The topological polar surface area (TPSA) is 55.6 Å². The minimum Gasteiger partial charge on any atom is -0.373 e. The van der Waals surface area contributed by atoms with Crippen LogP contribution in [0.5, 0.6) is 0 Å². The molecule has 1 aliphatic carbocycles. The van der Waals surface area contributed by atoms with Crippen LogP contribution in [0, 0.1) is 12.3 Å².